The molecular weight excluding hydrogens is 452 g/mol. The van der Waals surface area contributed by atoms with Gasteiger partial charge in [0.2, 0.25) is 0 Å². The number of hydroxylamine groups is 1. The van der Waals surface area contributed by atoms with Gasteiger partial charge in [0, 0.05) is 11.3 Å². The number of para-hydroxylation sites is 1. The van der Waals surface area contributed by atoms with Gasteiger partial charge in [-0.15, -0.1) is 0 Å². The molecule has 1 aliphatic rings. The lowest BCUT2D eigenvalue weighted by Crippen LogP contribution is -2.50. The van der Waals surface area contributed by atoms with E-state index in [9.17, 15) is 18.8 Å². The fourth-order valence-corrected chi connectivity index (χ4v) is 4.84. The van der Waals surface area contributed by atoms with Crippen molar-refractivity contribution >= 4 is 34.6 Å². The number of anilines is 1. The van der Waals surface area contributed by atoms with E-state index in [1.807, 2.05) is 54.6 Å². The van der Waals surface area contributed by atoms with Crippen molar-refractivity contribution in [1.29, 1.82) is 0 Å². The number of nitrogens with zero attached hydrogens (tertiary/aromatic N) is 1. The van der Waals surface area contributed by atoms with Crippen LogP contribution in [0.5, 0.6) is 11.5 Å². The molecule has 0 saturated heterocycles. The molecule has 1 heterocycles. The Kier molecular flexibility index (Phi) is 7.08. The number of nitrogens with one attached hydrogen (secondary N) is 1. The zero-order valence-electron chi connectivity index (χ0n) is 16.7. The third kappa shape index (κ3) is 4.95. The van der Waals surface area contributed by atoms with Gasteiger partial charge in [0.25, 0.3) is 5.91 Å². The number of amides is 1. The second-order valence-electron chi connectivity index (χ2n) is 6.82. The highest BCUT2D eigenvalue weighted by Crippen LogP contribution is 2.48. The van der Waals surface area contributed by atoms with Crippen molar-refractivity contribution in [2.24, 2.45) is 0 Å². The largest absolute Gasteiger partial charge is 0.755 e. The maximum absolute atomic E-state index is 12.3. The van der Waals surface area contributed by atoms with E-state index in [-0.39, 0.29) is 18.9 Å². The van der Waals surface area contributed by atoms with Crippen LogP contribution in [0.25, 0.3) is 0 Å². The van der Waals surface area contributed by atoms with Crippen molar-refractivity contribution in [1.82, 2.24) is 5.48 Å². The van der Waals surface area contributed by atoms with Crippen molar-refractivity contribution < 1.29 is 28.2 Å². The van der Waals surface area contributed by atoms with Crippen molar-refractivity contribution in [3.63, 3.8) is 0 Å². The smallest absolute Gasteiger partial charge is 0.269 e. The number of rotatable bonds is 8. The van der Waals surface area contributed by atoms with Gasteiger partial charge in [0.1, 0.15) is 17.5 Å². The Labute approximate surface area is 191 Å². The van der Waals surface area contributed by atoms with Crippen LogP contribution in [0.15, 0.2) is 82.6 Å². The average Bonchev–Trinajstić information content (AvgIpc) is 2.82. The molecule has 0 spiro atoms. The number of benzene rings is 3. The summed E-state index contributed by atoms with van der Waals surface area (Å²) >= 11 is -1.39. The van der Waals surface area contributed by atoms with Gasteiger partial charge >= 0.3 is 0 Å². The normalized spacial score (nSPS) is 13.8. The summed E-state index contributed by atoms with van der Waals surface area (Å²) in [6.45, 7) is -0.0845. The van der Waals surface area contributed by atoms with E-state index in [0.717, 1.165) is 14.8 Å². The van der Waals surface area contributed by atoms with Gasteiger partial charge in [-0.1, -0.05) is 54.2 Å². The predicted octanol–water partition coefficient (Wildman–Crippen LogP) is 3.63. The Morgan fingerprint density at radius 3 is 2.56 bits per heavy atom. The first kappa shape index (κ1) is 22.3. The Bertz CT molecular complexity index is 1130. The van der Waals surface area contributed by atoms with E-state index >= 15 is 0 Å². The first-order chi connectivity index (χ1) is 15.6. The van der Waals surface area contributed by atoms with Crippen LogP contribution >= 0.6 is 11.8 Å². The highest BCUT2D eigenvalue weighted by atomic mass is 32.2. The summed E-state index contributed by atoms with van der Waals surface area (Å²) in [6, 6.07) is 20.3. The van der Waals surface area contributed by atoms with Gasteiger partial charge in [0.15, 0.2) is 0 Å². The zero-order chi connectivity index (χ0) is 22.5. The molecule has 0 aromatic heterocycles. The molecule has 1 aliphatic heterocycles. The molecule has 166 valence electrons. The summed E-state index contributed by atoms with van der Waals surface area (Å²) in [7, 11) is 0. The van der Waals surface area contributed by atoms with E-state index in [4.69, 9.17) is 9.47 Å². The van der Waals surface area contributed by atoms with Crippen LogP contribution in [0.1, 0.15) is 5.56 Å². The summed E-state index contributed by atoms with van der Waals surface area (Å²) in [4.78, 5) is 13.9. The lowest BCUT2D eigenvalue weighted by Gasteiger charge is -2.33. The third-order valence-corrected chi connectivity index (χ3v) is 6.60. The van der Waals surface area contributed by atoms with Crippen LogP contribution in [0, 0.1) is 0 Å². The average molecular weight is 472 g/mol. The minimum atomic E-state index is -2.82. The molecule has 3 aromatic rings. The second kappa shape index (κ2) is 10.2. The molecule has 10 heteroatoms. The SMILES string of the molecule is O=C(NO)C(COCc1ccccc1)N(c1ccc2c(c1)Sc1ccccc1O2)S(=O)[O-]. The Hall–Kier alpha value is -2.89. The molecule has 0 saturated carbocycles. The van der Waals surface area contributed by atoms with E-state index in [1.54, 1.807) is 12.1 Å². The highest BCUT2D eigenvalue weighted by molar-refractivity contribution is 7.99. The summed E-state index contributed by atoms with van der Waals surface area (Å²) in [5.74, 6) is 0.389. The molecule has 0 radical (unpaired) electrons. The van der Waals surface area contributed by atoms with Gasteiger partial charge in [-0.25, -0.2) is 5.48 Å². The molecule has 0 bridgehead atoms. The van der Waals surface area contributed by atoms with Gasteiger partial charge in [-0.05, 0) is 35.9 Å². The quantitative estimate of drug-likeness (QED) is 0.229. The van der Waals surface area contributed by atoms with Crippen LogP contribution in [-0.2, 0) is 27.4 Å². The maximum Gasteiger partial charge on any atom is 0.269 e. The summed E-state index contributed by atoms with van der Waals surface area (Å²) in [6.07, 6.45) is 0. The second-order valence-corrected chi connectivity index (χ2v) is 8.73. The van der Waals surface area contributed by atoms with Crippen LogP contribution in [-0.4, -0.2) is 32.5 Å². The Morgan fingerprint density at radius 1 is 1.09 bits per heavy atom. The van der Waals surface area contributed by atoms with Crippen LogP contribution in [0.2, 0.25) is 0 Å². The lowest BCUT2D eigenvalue weighted by molar-refractivity contribution is -0.131. The number of carbonyl (C=O) groups is 1. The van der Waals surface area contributed by atoms with Gasteiger partial charge in [0.05, 0.1) is 28.7 Å². The van der Waals surface area contributed by atoms with Crippen molar-refractivity contribution in [2.75, 3.05) is 10.9 Å². The zero-order valence-corrected chi connectivity index (χ0v) is 18.3. The van der Waals surface area contributed by atoms with Crippen LogP contribution in [0.4, 0.5) is 5.69 Å². The van der Waals surface area contributed by atoms with Crippen LogP contribution in [0.3, 0.4) is 0 Å². The monoisotopic (exact) mass is 471 g/mol. The molecule has 32 heavy (non-hydrogen) atoms. The van der Waals surface area contributed by atoms with Crippen molar-refractivity contribution in [3.8, 4) is 11.5 Å². The molecule has 2 atom stereocenters. The predicted molar refractivity (Wildman–Crippen MR) is 118 cm³/mol. The van der Waals surface area contributed by atoms with Crippen molar-refractivity contribution in [3.05, 3.63) is 78.4 Å². The maximum atomic E-state index is 12.3. The highest BCUT2D eigenvalue weighted by Gasteiger charge is 2.29. The number of ether oxygens (including phenoxy) is 2. The number of carbonyl (C=O) groups excluding carboxylic acids is 1. The molecule has 2 N–H and O–H groups in total. The summed E-state index contributed by atoms with van der Waals surface area (Å²) in [5.41, 5.74) is 2.64. The van der Waals surface area contributed by atoms with Crippen molar-refractivity contribution in [2.45, 2.75) is 22.4 Å². The summed E-state index contributed by atoms with van der Waals surface area (Å²) in [5, 5.41) is 9.19. The minimum absolute atomic E-state index is 0.181. The fraction of sp³-hybridized carbons (Fsp3) is 0.136. The number of hydrogen-bond donors (Lipinski definition) is 2. The minimum Gasteiger partial charge on any atom is -0.755 e. The molecule has 4 rings (SSSR count). The first-order valence-corrected chi connectivity index (χ1v) is 11.4. The first-order valence-electron chi connectivity index (χ1n) is 9.60. The lowest BCUT2D eigenvalue weighted by atomic mass is 10.2. The molecule has 0 fully saturated rings. The molecule has 1 amide bonds. The van der Waals surface area contributed by atoms with E-state index < -0.39 is 23.2 Å². The molecule has 0 aliphatic carbocycles. The van der Waals surface area contributed by atoms with Gasteiger partial charge in [-0.2, -0.15) is 0 Å². The standard InChI is InChI=1S/C22H20N2O6S2/c25-22(23-26)17(14-29-13-15-6-2-1-3-7-15)24(32(27)28)16-10-11-19-21(12-16)31-20-9-5-4-8-18(20)30-19/h1-12,17,26H,13-14H2,(H,23,25)(H,27,28)/p-1. The van der Waals surface area contributed by atoms with Crippen LogP contribution < -0.4 is 14.5 Å². The molecule has 3 aromatic carbocycles. The van der Waals surface area contributed by atoms with Gasteiger partial charge < -0.3 is 14.0 Å². The molecule has 8 nitrogen and oxygen atoms in total. The van der Waals surface area contributed by atoms with Gasteiger partial charge in [-0.3, -0.25) is 18.5 Å². The number of hydrogen-bond acceptors (Lipinski definition) is 7. The van der Waals surface area contributed by atoms with E-state index in [0.29, 0.717) is 16.4 Å². The summed E-state index contributed by atoms with van der Waals surface area (Å²) < 4.78 is 36.6. The van der Waals surface area contributed by atoms with E-state index in [1.165, 1.54) is 23.3 Å². The Balaban J connectivity index is 1.58. The fourth-order valence-electron chi connectivity index (χ4n) is 3.21. The topological polar surface area (TPSA) is 111 Å². The van der Waals surface area contributed by atoms with E-state index in [2.05, 4.69) is 0 Å². The molecular formula is C22H19N2O6S2-. The number of fused-ring (bicyclic) bond motifs is 2. The Morgan fingerprint density at radius 2 is 1.81 bits per heavy atom. The third-order valence-electron chi connectivity index (χ3n) is 4.71. The molecule has 2 unspecified atom stereocenters.